The zero-order valence-electron chi connectivity index (χ0n) is 13.8. The summed E-state index contributed by atoms with van der Waals surface area (Å²) in [6.07, 6.45) is 6.08. The molecule has 0 bridgehead atoms. The maximum absolute atomic E-state index is 6.28. The van der Waals surface area contributed by atoms with Gasteiger partial charge in [-0.3, -0.25) is 0 Å². The summed E-state index contributed by atoms with van der Waals surface area (Å²) in [5.74, 6) is 1.71. The number of benzene rings is 1. The molecule has 0 atom stereocenters. The van der Waals surface area contributed by atoms with Crippen LogP contribution in [0.1, 0.15) is 37.7 Å². The molecule has 4 heteroatoms. The molecule has 0 spiro atoms. The van der Waals surface area contributed by atoms with Crippen LogP contribution in [0.25, 0.3) is 0 Å². The lowest BCUT2D eigenvalue weighted by Gasteiger charge is -2.42. The molecule has 22 heavy (non-hydrogen) atoms. The minimum absolute atomic E-state index is 0.164. The zero-order valence-corrected chi connectivity index (χ0v) is 13.8. The van der Waals surface area contributed by atoms with E-state index in [1.165, 1.54) is 24.8 Å². The highest BCUT2D eigenvalue weighted by atomic mass is 16.5. The Morgan fingerprint density at radius 3 is 2.50 bits per heavy atom. The Bertz CT molecular complexity index is 500. The number of nitrogens with zero attached hydrogens (tertiary/aromatic N) is 1. The van der Waals surface area contributed by atoms with E-state index in [2.05, 4.69) is 24.1 Å². The Labute approximate surface area is 133 Å². The van der Waals surface area contributed by atoms with E-state index in [0.29, 0.717) is 6.54 Å². The minimum atomic E-state index is 0.164. The lowest BCUT2D eigenvalue weighted by Crippen LogP contribution is -2.41. The van der Waals surface area contributed by atoms with Crippen molar-refractivity contribution in [2.45, 2.75) is 43.6 Å². The second-order valence-electron chi connectivity index (χ2n) is 6.82. The van der Waals surface area contributed by atoms with E-state index in [1.807, 2.05) is 6.07 Å². The number of hydrogen-bond donors (Lipinski definition) is 1. The Kier molecular flexibility index (Phi) is 4.59. The maximum Gasteiger partial charge on any atom is 0.161 e. The van der Waals surface area contributed by atoms with Crippen LogP contribution in [0.15, 0.2) is 18.2 Å². The van der Waals surface area contributed by atoms with Crippen molar-refractivity contribution in [1.29, 1.82) is 0 Å². The van der Waals surface area contributed by atoms with Crippen molar-refractivity contribution in [3.05, 3.63) is 23.8 Å². The molecule has 1 aliphatic carbocycles. The van der Waals surface area contributed by atoms with Gasteiger partial charge in [0.2, 0.25) is 0 Å². The Hall–Kier alpha value is -1.26. The Morgan fingerprint density at radius 2 is 1.95 bits per heavy atom. The second kappa shape index (κ2) is 6.47. The predicted molar refractivity (Wildman–Crippen MR) is 88.7 cm³/mol. The van der Waals surface area contributed by atoms with E-state index in [1.54, 1.807) is 7.11 Å². The first kappa shape index (κ1) is 15.6. The number of piperidine rings is 1. The molecule has 1 aromatic carbocycles. The highest BCUT2D eigenvalue weighted by Gasteiger charge is 2.37. The van der Waals surface area contributed by atoms with Crippen LogP contribution in [0.4, 0.5) is 0 Å². The molecule has 0 radical (unpaired) electrons. The summed E-state index contributed by atoms with van der Waals surface area (Å²) >= 11 is 0. The number of rotatable bonds is 5. The van der Waals surface area contributed by atoms with Gasteiger partial charge in [-0.15, -0.1) is 0 Å². The molecule has 1 saturated heterocycles. The molecule has 2 N–H and O–H groups in total. The number of likely N-dealkylation sites (tertiary alicyclic amines) is 1. The summed E-state index contributed by atoms with van der Waals surface area (Å²) in [4.78, 5) is 2.35. The lowest BCUT2D eigenvalue weighted by atomic mass is 9.64. The fourth-order valence-electron chi connectivity index (χ4n) is 3.60. The van der Waals surface area contributed by atoms with E-state index >= 15 is 0 Å². The summed E-state index contributed by atoms with van der Waals surface area (Å²) in [6, 6.07) is 6.37. The van der Waals surface area contributed by atoms with Gasteiger partial charge in [0.05, 0.1) is 7.11 Å². The van der Waals surface area contributed by atoms with Crippen LogP contribution in [0.5, 0.6) is 11.5 Å². The van der Waals surface area contributed by atoms with Gasteiger partial charge in [0.25, 0.3) is 0 Å². The smallest absolute Gasteiger partial charge is 0.161 e. The van der Waals surface area contributed by atoms with E-state index in [0.717, 1.165) is 37.4 Å². The largest absolute Gasteiger partial charge is 0.493 e. The van der Waals surface area contributed by atoms with Gasteiger partial charge in [-0.05, 0) is 50.4 Å². The van der Waals surface area contributed by atoms with Gasteiger partial charge in [0.15, 0.2) is 11.5 Å². The third-order valence-electron chi connectivity index (χ3n) is 5.44. The fourth-order valence-corrected chi connectivity index (χ4v) is 3.60. The van der Waals surface area contributed by atoms with Gasteiger partial charge in [-0.25, -0.2) is 0 Å². The Balaban J connectivity index is 1.79. The molecule has 4 nitrogen and oxygen atoms in total. The number of ether oxygens (including phenoxy) is 2. The van der Waals surface area contributed by atoms with Crippen LogP contribution in [-0.2, 0) is 5.41 Å². The van der Waals surface area contributed by atoms with Gasteiger partial charge in [-0.2, -0.15) is 0 Å². The fraction of sp³-hybridized carbons (Fsp3) is 0.667. The van der Waals surface area contributed by atoms with Crippen molar-refractivity contribution >= 4 is 0 Å². The van der Waals surface area contributed by atoms with Gasteiger partial charge in [-0.1, -0.05) is 12.5 Å². The molecule has 1 heterocycles. The lowest BCUT2D eigenvalue weighted by molar-refractivity contribution is 0.110. The van der Waals surface area contributed by atoms with Gasteiger partial charge in [0.1, 0.15) is 6.10 Å². The van der Waals surface area contributed by atoms with Gasteiger partial charge in [0, 0.05) is 25.0 Å². The summed E-state index contributed by atoms with van der Waals surface area (Å²) in [5, 5.41) is 0. The van der Waals surface area contributed by atoms with Crippen LogP contribution < -0.4 is 15.2 Å². The summed E-state index contributed by atoms with van der Waals surface area (Å²) in [5.41, 5.74) is 7.52. The molecule has 2 fully saturated rings. The van der Waals surface area contributed by atoms with Crippen molar-refractivity contribution in [2.24, 2.45) is 5.73 Å². The van der Waals surface area contributed by atoms with Crippen molar-refractivity contribution in [2.75, 3.05) is 33.8 Å². The van der Waals surface area contributed by atoms with Gasteiger partial charge < -0.3 is 20.1 Å². The van der Waals surface area contributed by atoms with Crippen LogP contribution >= 0.6 is 0 Å². The van der Waals surface area contributed by atoms with E-state index in [9.17, 15) is 0 Å². The average molecular weight is 304 g/mol. The standard InChI is InChI=1S/C18H28N2O2/c1-20-10-6-15(7-11-20)22-17-12-14(4-5-16(17)21-2)18(13-19)8-3-9-18/h4-5,12,15H,3,6-11,13,19H2,1-2H3. The first-order valence-electron chi connectivity index (χ1n) is 8.41. The molecule has 0 amide bonds. The highest BCUT2D eigenvalue weighted by Crippen LogP contribution is 2.45. The van der Waals surface area contributed by atoms with Crippen LogP contribution in [0.3, 0.4) is 0 Å². The molecule has 1 saturated carbocycles. The number of hydrogen-bond acceptors (Lipinski definition) is 4. The second-order valence-corrected chi connectivity index (χ2v) is 6.82. The van der Waals surface area contributed by atoms with E-state index < -0.39 is 0 Å². The molecular formula is C18H28N2O2. The molecule has 1 aliphatic heterocycles. The molecule has 0 aromatic heterocycles. The van der Waals surface area contributed by atoms with Crippen molar-refractivity contribution in [3.8, 4) is 11.5 Å². The summed E-state index contributed by atoms with van der Waals surface area (Å²) < 4.78 is 11.8. The molecule has 122 valence electrons. The monoisotopic (exact) mass is 304 g/mol. The maximum atomic E-state index is 6.28. The SMILES string of the molecule is COc1ccc(C2(CN)CCC2)cc1OC1CCN(C)CC1. The first-order chi connectivity index (χ1) is 10.7. The first-order valence-corrected chi connectivity index (χ1v) is 8.41. The van der Waals surface area contributed by atoms with Crippen molar-refractivity contribution in [3.63, 3.8) is 0 Å². The normalized spacial score (nSPS) is 22.1. The third-order valence-corrected chi connectivity index (χ3v) is 5.44. The van der Waals surface area contributed by atoms with Crippen LogP contribution in [-0.4, -0.2) is 44.8 Å². The quantitative estimate of drug-likeness (QED) is 0.908. The minimum Gasteiger partial charge on any atom is -0.493 e. The van der Waals surface area contributed by atoms with E-state index in [4.69, 9.17) is 15.2 Å². The molecule has 0 unspecified atom stereocenters. The van der Waals surface area contributed by atoms with Gasteiger partial charge >= 0.3 is 0 Å². The zero-order chi connectivity index (χ0) is 15.6. The molecular weight excluding hydrogens is 276 g/mol. The Morgan fingerprint density at radius 1 is 1.23 bits per heavy atom. The molecule has 1 aromatic rings. The van der Waals surface area contributed by atoms with Crippen molar-refractivity contribution in [1.82, 2.24) is 4.90 Å². The molecule has 2 aliphatic rings. The summed E-state index contributed by atoms with van der Waals surface area (Å²) in [6.45, 7) is 2.91. The third kappa shape index (κ3) is 2.95. The highest BCUT2D eigenvalue weighted by molar-refractivity contribution is 5.46. The molecule has 3 rings (SSSR count). The van der Waals surface area contributed by atoms with E-state index in [-0.39, 0.29) is 11.5 Å². The van der Waals surface area contributed by atoms with Crippen LogP contribution in [0.2, 0.25) is 0 Å². The number of methoxy groups -OCH3 is 1. The summed E-state index contributed by atoms with van der Waals surface area (Å²) in [7, 11) is 3.87. The van der Waals surface area contributed by atoms with Crippen LogP contribution in [0, 0.1) is 0 Å². The number of nitrogens with two attached hydrogens (primary N) is 1. The topological polar surface area (TPSA) is 47.7 Å². The average Bonchev–Trinajstić information content (AvgIpc) is 2.49. The van der Waals surface area contributed by atoms with Crippen molar-refractivity contribution < 1.29 is 9.47 Å². The predicted octanol–water partition coefficient (Wildman–Crippen LogP) is 2.55.